The van der Waals surface area contributed by atoms with E-state index in [-0.39, 0.29) is 5.97 Å². The normalized spacial score (nSPS) is 10.5. The van der Waals surface area contributed by atoms with Crippen molar-refractivity contribution >= 4 is 17.9 Å². The number of carbonyl (C=O) groups is 1. The Kier molecular flexibility index (Phi) is 5.52. The van der Waals surface area contributed by atoms with Crippen molar-refractivity contribution in [3.8, 4) is 5.75 Å². The summed E-state index contributed by atoms with van der Waals surface area (Å²) >= 11 is 0. The maximum atomic E-state index is 11.8. The molecule has 0 aromatic heterocycles. The standard InChI is InChI=1S/C17H17NO3/c1-20-16-10-5-7-14(13-16)17(19)21-12-6-11-18-15-8-3-2-4-9-15/h2-5,7-11,13H,6,12H2,1H3. The minimum absolute atomic E-state index is 0.298. The summed E-state index contributed by atoms with van der Waals surface area (Å²) in [6.45, 7) is 0.298. The van der Waals surface area contributed by atoms with Gasteiger partial charge in [-0.1, -0.05) is 24.3 Å². The van der Waals surface area contributed by atoms with Crippen LogP contribution in [0.5, 0.6) is 5.75 Å². The van der Waals surface area contributed by atoms with Crippen molar-refractivity contribution in [1.82, 2.24) is 0 Å². The quantitative estimate of drug-likeness (QED) is 0.462. The Morgan fingerprint density at radius 1 is 1.14 bits per heavy atom. The van der Waals surface area contributed by atoms with Gasteiger partial charge in [0.15, 0.2) is 0 Å². The molecule has 0 fully saturated rings. The zero-order valence-corrected chi connectivity index (χ0v) is 11.9. The third-order valence-corrected chi connectivity index (χ3v) is 2.78. The fourth-order valence-electron chi connectivity index (χ4n) is 1.72. The van der Waals surface area contributed by atoms with E-state index in [1.165, 1.54) is 0 Å². The van der Waals surface area contributed by atoms with Gasteiger partial charge in [-0.05, 0) is 30.3 Å². The summed E-state index contributed by atoms with van der Waals surface area (Å²) in [4.78, 5) is 16.1. The van der Waals surface area contributed by atoms with E-state index in [4.69, 9.17) is 9.47 Å². The van der Waals surface area contributed by atoms with Crippen molar-refractivity contribution in [3.05, 3.63) is 60.2 Å². The third-order valence-electron chi connectivity index (χ3n) is 2.78. The molecular weight excluding hydrogens is 266 g/mol. The van der Waals surface area contributed by atoms with Gasteiger partial charge in [-0.2, -0.15) is 0 Å². The van der Waals surface area contributed by atoms with Crippen molar-refractivity contribution in [2.75, 3.05) is 13.7 Å². The molecule has 0 saturated heterocycles. The van der Waals surface area contributed by atoms with Gasteiger partial charge in [0.25, 0.3) is 0 Å². The Balaban J connectivity index is 1.78. The lowest BCUT2D eigenvalue weighted by molar-refractivity contribution is 0.0516. The van der Waals surface area contributed by atoms with Gasteiger partial charge in [-0.15, -0.1) is 0 Å². The number of methoxy groups -OCH3 is 1. The van der Waals surface area contributed by atoms with Crippen molar-refractivity contribution in [2.24, 2.45) is 4.99 Å². The predicted octanol–water partition coefficient (Wildman–Crippen LogP) is 3.64. The van der Waals surface area contributed by atoms with Gasteiger partial charge in [0.2, 0.25) is 0 Å². The Labute approximate surface area is 124 Å². The summed E-state index contributed by atoms with van der Waals surface area (Å²) < 4.78 is 10.2. The highest BCUT2D eigenvalue weighted by Crippen LogP contribution is 2.13. The minimum atomic E-state index is -0.359. The molecule has 0 atom stereocenters. The molecule has 4 heteroatoms. The van der Waals surface area contributed by atoms with Crippen LogP contribution in [0.3, 0.4) is 0 Å². The first kappa shape index (κ1) is 14.8. The van der Waals surface area contributed by atoms with E-state index in [1.54, 1.807) is 37.6 Å². The lowest BCUT2D eigenvalue weighted by atomic mass is 10.2. The summed E-state index contributed by atoms with van der Waals surface area (Å²) in [7, 11) is 1.56. The molecule has 4 nitrogen and oxygen atoms in total. The number of carbonyl (C=O) groups excluding carboxylic acids is 1. The van der Waals surface area contributed by atoms with Crippen molar-refractivity contribution in [1.29, 1.82) is 0 Å². The van der Waals surface area contributed by atoms with Gasteiger partial charge in [0, 0.05) is 12.6 Å². The highest BCUT2D eigenvalue weighted by molar-refractivity contribution is 5.89. The molecule has 0 bridgehead atoms. The molecule has 0 N–H and O–H groups in total. The van der Waals surface area contributed by atoms with E-state index in [2.05, 4.69) is 4.99 Å². The third kappa shape index (κ3) is 4.76. The molecule has 0 aliphatic rings. The number of para-hydroxylation sites is 1. The second kappa shape index (κ2) is 7.85. The molecule has 0 unspecified atom stereocenters. The van der Waals surface area contributed by atoms with Gasteiger partial charge in [-0.3, -0.25) is 4.99 Å². The fraction of sp³-hybridized carbons (Fsp3) is 0.176. The average Bonchev–Trinajstić information content (AvgIpc) is 2.55. The van der Waals surface area contributed by atoms with Crippen molar-refractivity contribution in [3.63, 3.8) is 0 Å². The molecule has 0 radical (unpaired) electrons. The monoisotopic (exact) mass is 283 g/mol. The Morgan fingerprint density at radius 2 is 1.95 bits per heavy atom. The molecule has 0 saturated carbocycles. The second-order valence-corrected chi connectivity index (χ2v) is 4.30. The number of hydrogen-bond acceptors (Lipinski definition) is 4. The minimum Gasteiger partial charge on any atom is -0.497 e. The molecule has 0 amide bonds. The van der Waals surface area contributed by atoms with E-state index in [0.29, 0.717) is 24.3 Å². The van der Waals surface area contributed by atoms with Crippen LogP contribution in [0.1, 0.15) is 16.8 Å². The van der Waals surface area contributed by atoms with Crippen LogP contribution in [0.2, 0.25) is 0 Å². The lowest BCUT2D eigenvalue weighted by Crippen LogP contribution is -2.06. The van der Waals surface area contributed by atoms with Gasteiger partial charge in [-0.25, -0.2) is 4.79 Å². The Hall–Kier alpha value is -2.62. The number of hydrogen-bond donors (Lipinski definition) is 0. The van der Waals surface area contributed by atoms with E-state index in [0.717, 1.165) is 5.69 Å². The Morgan fingerprint density at radius 3 is 2.71 bits per heavy atom. The van der Waals surface area contributed by atoms with Crippen molar-refractivity contribution in [2.45, 2.75) is 6.42 Å². The topological polar surface area (TPSA) is 47.9 Å². The molecule has 0 spiro atoms. The van der Waals surface area contributed by atoms with E-state index >= 15 is 0 Å². The van der Waals surface area contributed by atoms with Gasteiger partial charge < -0.3 is 9.47 Å². The Bertz CT molecular complexity index is 608. The maximum absolute atomic E-state index is 11.8. The molecule has 2 aromatic carbocycles. The van der Waals surface area contributed by atoms with E-state index < -0.39 is 0 Å². The van der Waals surface area contributed by atoms with Crippen LogP contribution in [0.4, 0.5) is 5.69 Å². The first-order valence-corrected chi connectivity index (χ1v) is 6.68. The summed E-state index contributed by atoms with van der Waals surface area (Å²) in [5.74, 6) is 0.275. The first-order valence-electron chi connectivity index (χ1n) is 6.68. The predicted molar refractivity (Wildman–Crippen MR) is 82.5 cm³/mol. The highest BCUT2D eigenvalue weighted by Gasteiger charge is 2.07. The number of ether oxygens (including phenoxy) is 2. The fourth-order valence-corrected chi connectivity index (χ4v) is 1.72. The van der Waals surface area contributed by atoms with Crippen LogP contribution >= 0.6 is 0 Å². The van der Waals surface area contributed by atoms with E-state index in [9.17, 15) is 4.79 Å². The number of nitrogens with zero attached hydrogens (tertiary/aromatic N) is 1. The van der Waals surface area contributed by atoms with Crippen LogP contribution in [0, 0.1) is 0 Å². The van der Waals surface area contributed by atoms with Crippen LogP contribution in [0.15, 0.2) is 59.6 Å². The van der Waals surface area contributed by atoms with Gasteiger partial charge in [0.05, 0.1) is 25.0 Å². The summed E-state index contributed by atoms with van der Waals surface area (Å²) in [6.07, 6.45) is 2.32. The number of benzene rings is 2. The molecule has 0 aliphatic carbocycles. The number of rotatable bonds is 6. The number of aliphatic imine (C=N–C) groups is 1. The maximum Gasteiger partial charge on any atom is 0.338 e. The van der Waals surface area contributed by atoms with Crippen LogP contribution in [-0.2, 0) is 4.74 Å². The zero-order valence-electron chi connectivity index (χ0n) is 11.9. The molecule has 108 valence electrons. The van der Waals surface area contributed by atoms with Gasteiger partial charge >= 0.3 is 5.97 Å². The lowest BCUT2D eigenvalue weighted by Gasteiger charge is -2.04. The molecule has 0 aliphatic heterocycles. The largest absolute Gasteiger partial charge is 0.497 e. The average molecular weight is 283 g/mol. The summed E-state index contributed by atoms with van der Waals surface area (Å²) in [5, 5.41) is 0. The molecule has 0 heterocycles. The molecule has 2 rings (SSSR count). The summed E-state index contributed by atoms with van der Waals surface area (Å²) in [5.41, 5.74) is 1.37. The second-order valence-electron chi connectivity index (χ2n) is 4.30. The summed E-state index contributed by atoms with van der Waals surface area (Å²) in [6, 6.07) is 16.5. The highest BCUT2D eigenvalue weighted by atomic mass is 16.5. The van der Waals surface area contributed by atoms with Crippen molar-refractivity contribution < 1.29 is 14.3 Å². The van der Waals surface area contributed by atoms with Gasteiger partial charge in [0.1, 0.15) is 5.75 Å². The molecular formula is C17H17NO3. The van der Waals surface area contributed by atoms with Crippen LogP contribution in [0.25, 0.3) is 0 Å². The van der Waals surface area contributed by atoms with Crippen LogP contribution in [-0.4, -0.2) is 25.9 Å². The van der Waals surface area contributed by atoms with Crippen LogP contribution < -0.4 is 4.74 Å². The first-order chi connectivity index (χ1) is 10.3. The molecule has 2 aromatic rings. The zero-order chi connectivity index (χ0) is 14.9. The van der Waals surface area contributed by atoms with E-state index in [1.807, 2.05) is 30.3 Å². The smallest absolute Gasteiger partial charge is 0.338 e. The SMILES string of the molecule is COc1cccc(C(=O)OCCC=Nc2ccccc2)c1. The molecule has 21 heavy (non-hydrogen) atoms. The number of esters is 1.